The summed E-state index contributed by atoms with van der Waals surface area (Å²) < 4.78 is 18.5. The summed E-state index contributed by atoms with van der Waals surface area (Å²) in [5.74, 6) is 1.07. The van der Waals surface area contributed by atoms with E-state index < -0.39 is 5.95 Å². The fourth-order valence-corrected chi connectivity index (χ4v) is 1.52. The van der Waals surface area contributed by atoms with E-state index in [1.165, 1.54) is 17.8 Å². The van der Waals surface area contributed by atoms with Crippen LogP contribution in [0.3, 0.4) is 0 Å². The molecule has 1 aromatic carbocycles. The van der Waals surface area contributed by atoms with Crippen molar-refractivity contribution in [2.45, 2.75) is 19.8 Å². The van der Waals surface area contributed by atoms with Crippen molar-refractivity contribution in [3.05, 3.63) is 54.1 Å². The van der Waals surface area contributed by atoms with Crippen LogP contribution in [0.15, 0.2) is 42.6 Å². The van der Waals surface area contributed by atoms with Crippen molar-refractivity contribution in [3.8, 4) is 11.5 Å². The van der Waals surface area contributed by atoms with Gasteiger partial charge in [-0.15, -0.1) is 0 Å². The van der Waals surface area contributed by atoms with Crippen LogP contribution in [0, 0.1) is 5.95 Å². The molecule has 0 radical (unpaired) electrons. The first kappa shape index (κ1) is 11.6. The Balaban J connectivity index is 2.21. The van der Waals surface area contributed by atoms with E-state index in [1.807, 2.05) is 24.3 Å². The van der Waals surface area contributed by atoms with Crippen molar-refractivity contribution in [2.24, 2.45) is 0 Å². The van der Waals surface area contributed by atoms with Gasteiger partial charge in [-0.05, 0) is 29.7 Å². The summed E-state index contributed by atoms with van der Waals surface area (Å²) in [6.07, 6.45) is 1.39. The van der Waals surface area contributed by atoms with Gasteiger partial charge in [-0.25, -0.2) is 4.98 Å². The number of pyridine rings is 1. The zero-order chi connectivity index (χ0) is 12.3. The first-order chi connectivity index (χ1) is 8.15. The Bertz CT molecular complexity index is 511. The standard InChI is InChI=1S/C14H14FNO/c1-10(2)11-4-3-5-12(8-11)17-13-6-7-16-14(15)9-13/h3-10H,1-2H3. The molecule has 17 heavy (non-hydrogen) atoms. The molecule has 0 bridgehead atoms. The first-order valence-electron chi connectivity index (χ1n) is 5.54. The topological polar surface area (TPSA) is 22.1 Å². The van der Waals surface area contributed by atoms with E-state index in [1.54, 1.807) is 6.07 Å². The molecule has 0 aliphatic carbocycles. The fourth-order valence-electron chi connectivity index (χ4n) is 1.52. The number of halogens is 1. The van der Waals surface area contributed by atoms with Gasteiger partial charge in [-0.1, -0.05) is 26.0 Å². The van der Waals surface area contributed by atoms with Crippen LogP contribution in [0.2, 0.25) is 0 Å². The van der Waals surface area contributed by atoms with Gasteiger partial charge in [0.25, 0.3) is 0 Å². The van der Waals surface area contributed by atoms with Gasteiger partial charge >= 0.3 is 0 Å². The van der Waals surface area contributed by atoms with Crippen LogP contribution in [0.1, 0.15) is 25.3 Å². The molecule has 1 heterocycles. The maximum Gasteiger partial charge on any atom is 0.216 e. The summed E-state index contributed by atoms with van der Waals surface area (Å²) in [4.78, 5) is 3.48. The average molecular weight is 231 g/mol. The molecule has 0 N–H and O–H groups in total. The highest BCUT2D eigenvalue weighted by Crippen LogP contribution is 2.24. The monoisotopic (exact) mass is 231 g/mol. The molecule has 3 heteroatoms. The lowest BCUT2D eigenvalue weighted by Crippen LogP contribution is -1.90. The van der Waals surface area contributed by atoms with E-state index in [2.05, 4.69) is 18.8 Å². The van der Waals surface area contributed by atoms with Gasteiger partial charge in [-0.3, -0.25) is 0 Å². The van der Waals surface area contributed by atoms with E-state index in [9.17, 15) is 4.39 Å². The molecule has 0 saturated heterocycles. The van der Waals surface area contributed by atoms with E-state index in [4.69, 9.17) is 4.74 Å². The largest absolute Gasteiger partial charge is 0.457 e. The van der Waals surface area contributed by atoms with Crippen molar-refractivity contribution >= 4 is 0 Å². The summed E-state index contributed by atoms with van der Waals surface area (Å²) >= 11 is 0. The molecule has 0 fully saturated rings. The Morgan fingerprint density at radius 2 is 1.88 bits per heavy atom. The first-order valence-corrected chi connectivity index (χ1v) is 5.54. The molecular formula is C14H14FNO. The maximum absolute atomic E-state index is 12.9. The summed E-state index contributed by atoms with van der Waals surface area (Å²) in [7, 11) is 0. The predicted molar refractivity (Wildman–Crippen MR) is 64.8 cm³/mol. The highest BCUT2D eigenvalue weighted by Gasteiger charge is 2.03. The van der Waals surface area contributed by atoms with E-state index in [-0.39, 0.29) is 0 Å². The summed E-state index contributed by atoms with van der Waals surface area (Å²) in [6.45, 7) is 4.23. The number of rotatable bonds is 3. The third-order valence-electron chi connectivity index (χ3n) is 2.46. The molecule has 2 rings (SSSR count). The van der Waals surface area contributed by atoms with Crippen LogP contribution >= 0.6 is 0 Å². The highest BCUT2D eigenvalue weighted by molar-refractivity contribution is 5.34. The Kier molecular flexibility index (Phi) is 3.38. The molecule has 0 unspecified atom stereocenters. The summed E-state index contributed by atoms with van der Waals surface area (Å²) in [6, 6.07) is 10.7. The Hall–Kier alpha value is -1.90. The van der Waals surface area contributed by atoms with Crippen LogP contribution in [0.5, 0.6) is 11.5 Å². The zero-order valence-corrected chi connectivity index (χ0v) is 9.85. The normalized spacial score (nSPS) is 10.6. The lowest BCUT2D eigenvalue weighted by atomic mass is 10.0. The number of aromatic nitrogens is 1. The second-order valence-corrected chi connectivity index (χ2v) is 4.14. The molecule has 2 nitrogen and oxygen atoms in total. The number of hydrogen-bond donors (Lipinski definition) is 0. The molecule has 88 valence electrons. The van der Waals surface area contributed by atoms with Crippen molar-refractivity contribution in [3.63, 3.8) is 0 Å². The lowest BCUT2D eigenvalue weighted by molar-refractivity contribution is 0.471. The third-order valence-corrected chi connectivity index (χ3v) is 2.46. The number of ether oxygens (including phenoxy) is 1. The van der Waals surface area contributed by atoms with E-state index in [0.29, 0.717) is 17.4 Å². The van der Waals surface area contributed by atoms with Crippen molar-refractivity contribution < 1.29 is 9.13 Å². The van der Waals surface area contributed by atoms with Gasteiger partial charge < -0.3 is 4.74 Å². The summed E-state index contributed by atoms with van der Waals surface area (Å²) in [5, 5.41) is 0. The number of benzene rings is 1. The molecular weight excluding hydrogens is 217 g/mol. The third kappa shape index (κ3) is 3.03. The smallest absolute Gasteiger partial charge is 0.216 e. The van der Waals surface area contributed by atoms with Gasteiger partial charge in [0.15, 0.2) is 0 Å². The van der Waals surface area contributed by atoms with Crippen LogP contribution < -0.4 is 4.74 Å². The zero-order valence-electron chi connectivity index (χ0n) is 9.85. The van der Waals surface area contributed by atoms with Crippen molar-refractivity contribution in [1.29, 1.82) is 0 Å². The SMILES string of the molecule is CC(C)c1cccc(Oc2ccnc(F)c2)c1. The minimum atomic E-state index is -0.539. The number of hydrogen-bond acceptors (Lipinski definition) is 2. The van der Waals surface area contributed by atoms with Gasteiger partial charge in [0, 0.05) is 12.3 Å². The van der Waals surface area contributed by atoms with E-state index >= 15 is 0 Å². The van der Waals surface area contributed by atoms with Crippen LogP contribution in [-0.2, 0) is 0 Å². The van der Waals surface area contributed by atoms with Crippen LogP contribution in [0.25, 0.3) is 0 Å². The van der Waals surface area contributed by atoms with Crippen LogP contribution in [0.4, 0.5) is 4.39 Å². The summed E-state index contributed by atoms with van der Waals surface area (Å²) in [5.41, 5.74) is 1.19. The van der Waals surface area contributed by atoms with E-state index in [0.717, 1.165) is 0 Å². The molecule has 0 saturated carbocycles. The predicted octanol–water partition coefficient (Wildman–Crippen LogP) is 4.14. The molecule has 1 aromatic heterocycles. The van der Waals surface area contributed by atoms with Gasteiger partial charge in [0.05, 0.1) is 0 Å². The molecule has 0 spiro atoms. The molecule has 0 atom stereocenters. The quantitative estimate of drug-likeness (QED) is 0.741. The Morgan fingerprint density at radius 3 is 2.59 bits per heavy atom. The molecule has 0 amide bonds. The Labute approximate surface area is 100 Å². The second-order valence-electron chi connectivity index (χ2n) is 4.14. The highest BCUT2D eigenvalue weighted by atomic mass is 19.1. The minimum absolute atomic E-state index is 0.438. The van der Waals surface area contributed by atoms with Crippen LogP contribution in [-0.4, -0.2) is 4.98 Å². The van der Waals surface area contributed by atoms with Gasteiger partial charge in [0.1, 0.15) is 11.5 Å². The minimum Gasteiger partial charge on any atom is -0.457 e. The van der Waals surface area contributed by atoms with Crippen molar-refractivity contribution in [2.75, 3.05) is 0 Å². The maximum atomic E-state index is 12.9. The number of nitrogens with zero attached hydrogens (tertiary/aromatic N) is 1. The van der Waals surface area contributed by atoms with Gasteiger partial charge in [0.2, 0.25) is 5.95 Å². The fraction of sp³-hybridized carbons (Fsp3) is 0.214. The Morgan fingerprint density at radius 1 is 1.12 bits per heavy atom. The molecule has 0 aliphatic heterocycles. The second kappa shape index (κ2) is 4.95. The average Bonchev–Trinajstić information content (AvgIpc) is 2.29. The van der Waals surface area contributed by atoms with Crippen molar-refractivity contribution in [1.82, 2.24) is 4.98 Å². The lowest BCUT2D eigenvalue weighted by Gasteiger charge is -2.09. The van der Waals surface area contributed by atoms with Gasteiger partial charge in [-0.2, -0.15) is 4.39 Å². The molecule has 0 aliphatic rings. The molecule has 2 aromatic rings.